The number of ether oxygens (including phenoxy) is 1. The normalized spacial score (nSPS) is 19.9. The van der Waals surface area contributed by atoms with Crippen molar-refractivity contribution in [2.24, 2.45) is 5.41 Å². The molecule has 1 aliphatic carbocycles. The first-order valence-corrected chi connectivity index (χ1v) is 13.1. The van der Waals surface area contributed by atoms with E-state index >= 15 is 0 Å². The van der Waals surface area contributed by atoms with Crippen LogP contribution in [0.3, 0.4) is 0 Å². The molecule has 40 heavy (non-hydrogen) atoms. The second-order valence-electron chi connectivity index (χ2n) is 10.9. The molecule has 214 valence electrons. The number of hydrogen-bond acceptors (Lipinski definition) is 6. The summed E-state index contributed by atoms with van der Waals surface area (Å²) in [4.78, 5) is 6.92. The van der Waals surface area contributed by atoms with Crippen LogP contribution < -0.4 is 9.64 Å². The first-order chi connectivity index (χ1) is 18.8. The van der Waals surface area contributed by atoms with Crippen molar-refractivity contribution in [1.82, 2.24) is 24.6 Å². The molecule has 1 unspecified atom stereocenters. The summed E-state index contributed by atoms with van der Waals surface area (Å²) in [5, 5.41) is 9.12. The average Bonchev–Trinajstić information content (AvgIpc) is 3.15. The van der Waals surface area contributed by atoms with Gasteiger partial charge in [0.15, 0.2) is 17.4 Å². The summed E-state index contributed by atoms with van der Waals surface area (Å²) in [6.07, 6.45) is -7.54. The maximum absolute atomic E-state index is 13.6. The van der Waals surface area contributed by atoms with Gasteiger partial charge < -0.3 is 9.64 Å². The largest absolute Gasteiger partial charge is 0.493 e. The maximum atomic E-state index is 13.6. The quantitative estimate of drug-likeness (QED) is 0.350. The number of nitrogens with zero attached hydrogens (tertiary/aromatic N) is 6. The fourth-order valence-electron chi connectivity index (χ4n) is 6.11. The van der Waals surface area contributed by atoms with Gasteiger partial charge in [0.2, 0.25) is 0 Å². The van der Waals surface area contributed by atoms with Crippen LogP contribution in [0.2, 0.25) is 5.02 Å². The highest BCUT2D eigenvalue weighted by Gasteiger charge is 2.55. The molecule has 2 aromatic heterocycles. The molecular weight excluding hydrogens is 562 g/mol. The molecule has 0 bridgehead atoms. The molecule has 1 atom stereocenters. The molecule has 3 aromatic rings. The minimum atomic E-state index is -4.56. The lowest BCUT2D eigenvalue weighted by Crippen LogP contribution is -2.62. The van der Waals surface area contributed by atoms with Crippen molar-refractivity contribution in [2.45, 2.75) is 57.2 Å². The highest BCUT2D eigenvalue weighted by molar-refractivity contribution is 6.30. The van der Waals surface area contributed by atoms with Gasteiger partial charge in [-0.1, -0.05) is 11.6 Å². The van der Waals surface area contributed by atoms with Crippen molar-refractivity contribution in [1.29, 1.82) is 0 Å². The van der Waals surface area contributed by atoms with Crippen molar-refractivity contribution in [2.75, 3.05) is 25.1 Å². The standard InChI is InChI=1S/C26H25ClF6N6O/c1-14(25(28,29)30)37-10-15-7-17(27)3-4-18(15)39-21(11-37)35-36-22(39)16-8-24(9-16)12-38(13-24)23-19(40-2)5-6-20(34-23)26(31,32)33/h3-7,14,16H,8-13H2,1-2H3. The van der Waals surface area contributed by atoms with E-state index in [0.717, 1.165) is 13.0 Å². The lowest BCUT2D eigenvalue weighted by atomic mass is 9.57. The predicted octanol–water partition coefficient (Wildman–Crippen LogP) is 5.99. The van der Waals surface area contributed by atoms with E-state index in [2.05, 4.69) is 15.2 Å². The van der Waals surface area contributed by atoms with Crippen LogP contribution in [0.1, 0.15) is 48.6 Å². The number of halogens is 7. The average molecular weight is 587 g/mol. The third kappa shape index (κ3) is 4.56. The van der Waals surface area contributed by atoms with Crippen LogP contribution in [-0.4, -0.2) is 57.1 Å². The molecular formula is C26H25ClF6N6O. The van der Waals surface area contributed by atoms with Crippen molar-refractivity contribution >= 4 is 17.4 Å². The molecule has 1 saturated carbocycles. The predicted molar refractivity (Wildman–Crippen MR) is 134 cm³/mol. The van der Waals surface area contributed by atoms with Crippen LogP contribution in [-0.2, 0) is 19.3 Å². The Morgan fingerprint density at radius 2 is 1.75 bits per heavy atom. The van der Waals surface area contributed by atoms with Crippen molar-refractivity contribution in [3.05, 3.63) is 58.3 Å². The van der Waals surface area contributed by atoms with Crippen molar-refractivity contribution in [3.8, 4) is 11.4 Å². The van der Waals surface area contributed by atoms with Gasteiger partial charge in [-0.05, 0) is 55.7 Å². The van der Waals surface area contributed by atoms with Crippen LogP contribution >= 0.6 is 11.6 Å². The number of benzene rings is 1. The molecule has 1 spiro atoms. The van der Waals surface area contributed by atoms with Gasteiger partial charge in [0.05, 0.1) is 19.3 Å². The van der Waals surface area contributed by atoms with Crippen LogP contribution in [0.5, 0.6) is 5.75 Å². The van der Waals surface area contributed by atoms with E-state index in [4.69, 9.17) is 16.3 Å². The smallest absolute Gasteiger partial charge is 0.433 e. The van der Waals surface area contributed by atoms with Crippen LogP contribution in [0, 0.1) is 5.41 Å². The zero-order valence-corrected chi connectivity index (χ0v) is 22.3. The van der Waals surface area contributed by atoms with Gasteiger partial charge in [0.1, 0.15) is 17.6 Å². The summed E-state index contributed by atoms with van der Waals surface area (Å²) < 4.78 is 87.7. The van der Waals surface area contributed by atoms with E-state index in [1.54, 1.807) is 23.1 Å². The summed E-state index contributed by atoms with van der Waals surface area (Å²) >= 11 is 6.21. The number of aromatic nitrogens is 4. The van der Waals surface area contributed by atoms with Gasteiger partial charge in [-0.2, -0.15) is 26.3 Å². The molecule has 0 N–H and O–H groups in total. The van der Waals surface area contributed by atoms with Crippen LogP contribution in [0.25, 0.3) is 5.69 Å². The zero-order chi connectivity index (χ0) is 28.6. The fourth-order valence-corrected chi connectivity index (χ4v) is 6.31. The summed E-state index contributed by atoms with van der Waals surface area (Å²) in [5.74, 6) is 1.51. The van der Waals surface area contributed by atoms with E-state index in [1.165, 1.54) is 18.1 Å². The Hall–Kier alpha value is -3.06. The number of fused-ring (bicyclic) bond motifs is 3. The van der Waals surface area contributed by atoms with Crippen molar-refractivity contribution < 1.29 is 31.1 Å². The van der Waals surface area contributed by atoms with E-state index in [-0.39, 0.29) is 36.0 Å². The Morgan fingerprint density at radius 3 is 2.40 bits per heavy atom. The fraction of sp³-hybridized carbons (Fsp3) is 0.500. The van der Waals surface area contributed by atoms with Gasteiger partial charge in [-0.25, -0.2) is 4.98 Å². The first-order valence-electron chi connectivity index (χ1n) is 12.7. The first kappa shape index (κ1) is 27.1. The van der Waals surface area contributed by atoms with Crippen LogP contribution in [0.4, 0.5) is 32.2 Å². The molecule has 2 aliphatic heterocycles. The SMILES string of the molecule is COc1ccc(C(F)(F)F)nc1N1CC2(CC(c3nnc4n3-c3ccc(Cl)cc3CN(C(C)C(F)(F)F)C4)C2)C1. The van der Waals surface area contributed by atoms with Gasteiger partial charge >= 0.3 is 12.4 Å². The number of rotatable bonds is 4. The Kier molecular flexibility index (Phi) is 6.26. The summed E-state index contributed by atoms with van der Waals surface area (Å²) in [6.45, 7) is 2.17. The van der Waals surface area contributed by atoms with E-state index in [1.807, 2.05) is 4.57 Å². The van der Waals surface area contributed by atoms with E-state index in [9.17, 15) is 26.3 Å². The molecule has 0 radical (unpaired) electrons. The Bertz CT molecular complexity index is 1440. The number of hydrogen-bond donors (Lipinski definition) is 0. The highest BCUT2D eigenvalue weighted by Crippen LogP contribution is 2.57. The highest BCUT2D eigenvalue weighted by atomic mass is 35.5. The van der Waals surface area contributed by atoms with E-state index < -0.39 is 24.1 Å². The summed E-state index contributed by atoms with van der Waals surface area (Å²) in [6, 6.07) is 5.63. The second-order valence-corrected chi connectivity index (χ2v) is 11.3. The number of methoxy groups -OCH3 is 1. The molecule has 2 fully saturated rings. The minimum Gasteiger partial charge on any atom is -0.493 e. The second kappa shape index (κ2) is 9.23. The molecule has 6 rings (SSSR count). The Balaban J connectivity index is 1.24. The van der Waals surface area contributed by atoms with Gasteiger partial charge in [0.25, 0.3) is 0 Å². The Morgan fingerprint density at radius 1 is 1.02 bits per heavy atom. The molecule has 3 aliphatic rings. The summed E-state index contributed by atoms with van der Waals surface area (Å²) in [5.41, 5.74) is 0.248. The molecule has 4 heterocycles. The molecule has 7 nitrogen and oxygen atoms in total. The molecule has 1 saturated heterocycles. The van der Waals surface area contributed by atoms with Gasteiger partial charge in [0, 0.05) is 36.0 Å². The van der Waals surface area contributed by atoms with Gasteiger partial charge in [-0.15, -0.1) is 10.2 Å². The monoisotopic (exact) mass is 586 g/mol. The lowest BCUT2D eigenvalue weighted by molar-refractivity contribution is -0.182. The topological polar surface area (TPSA) is 59.3 Å². The molecule has 14 heteroatoms. The Labute approximate surface area is 230 Å². The lowest BCUT2D eigenvalue weighted by Gasteiger charge is -2.59. The van der Waals surface area contributed by atoms with Crippen molar-refractivity contribution in [3.63, 3.8) is 0 Å². The molecule has 1 aromatic carbocycles. The number of alkyl halides is 6. The number of anilines is 1. The van der Waals surface area contributed by atoms with Gasteiger partial charge in [-0.3, -0.25) is 9.47 Å². The number of pyridine rings is 1. The van der Waals surface area contributed by atoms with Crippen LogP contribution in [0.15, 0.2) is 30.3 Å². The third-order valence-corrected chi connectivity index (χ3v) is 8.44. The molecule has 0 amide bonds. The van der Waals surface area contributed by atoms with E-state index in [0.29, 0.717) is 53.9 Å². The maximum Gasteiger partial charge on any atom is 0.433 e. The summed E-state index contributed by atoms with van der Waals surface area (Å²) in [7, 11) is 1.39. The minimum absolute atomic E-state index is 0.00474. The third-order valence-electron chi connectivity index (χ3n) is 8.20. The zero-order valence-electron chi connectivity index (χ0n) is 21.5.